The van der Waals surface area contributed by atoms with Gasteiger partial charge >= 0.3 is 0 Å². The number of benzene rings is 2. The maximum atomic E-state index is 13.7. The standard InChI is InChI=1S/C27H35FN2O6S2/c1-19(2)8-6-9-22-12-13-27-25(14-22)36-26(20(3)16-30(21(4)18-31)38(27,34)35)17-29(5)37(32,33)24-11-7-10-23(28)15-24/h7,10-15,19-21,26,31H,8,16-18H2,1-5H3/t20-,21-,26-/m1/s1. The third-order valence-electron chi connectivity index (χ3n) is 6.35. The number of fused-ring (bicyclic) bond motifs is 1. The van der Waals surface area contributed by atoms with Crippen LogP contribution in [0.15, 0.2) is 52.3 Å². The highest BCUT2D eigenvalue weighted by Gasteiger charge is 2.39. The van der Waals surface area contributed by atoms with Crippen LogP contribution >= 0.6 is 0 Å². The van der Waals surface area contributed by atoms with Gasteiger partial charge in [-0.15, -0.1) is 0 Å². The van der Waals surface area contributed by atoms with Crippen molar-refractivity contribution in [3.05, 3.63) is 53.8 Å². The van der Waals surface area contributed by atoms with Crippen molar-refractivity contribution in [2.24, 2.45) is 11.8 Å². The molecule has 3 atom stereocenters. The van der Waals surface area contributed by atoms with E-state index in [4.69, 9.17) is 4.74 Å². The Kier molecular flexibility index (Phi) is 9.60. The van der Waals surface area contributed by atoms with Crippen LogP contribution in [0.5, 0.6) is 5.75 Å². The molecular formula is C27H35FN2O6S2. The summed E-state index contributed by atoms with van der Waals surface area (Å²) >= 11 is 0. The number of sulfonamides is 2. The predicted molar refractivity (Wildman–Crippen MR) is 143 cm³/mol. The topological polar surface area (TPSA) is 104 Å². The summed E-state index contributed by atoms with van der Waals surface area (Å²) in [6.07, 6.45) is -0.0923. The lowest BCUT2D eigenvalue weighted by Crippen LogP contribution is -2.50. The zero-order valence-electron chi connectivity index (χ0n) is 22.3. The van der Waals surface area contributed by atoms with Gasteiger partial charge in [-0.05, 0) is 49.2 Å². The maximum Gasteiger partial charge on any atom is 0.247 e. The molecule has 208 valence electrons. The molecule has 0 aliphatic carbocycles. The lowest BCUT2D eigenvalue weighted by Gasteiger charge is -2.37. The van der Waals surface area contributed by atoms with E-state index >= 15 is 0 Å². The van der Waals surface area contributed by atoms with Gasteiger partial charge in [0.1, 0.15) is 22.6 Å². The van der Waals surface area contributed by atoms with Crippen LogP contribution in [0.4, 0.5) is 4.39 Å². The van der Waals surface area contributed by atoms with Gasteiger partial charge in [0.05, 0.1) is 18.0 Å². The van der Waals surface area contributed by atoms with E-state index in [1.165, 1.54) is 29.6 Å². The minimum atomic E-state index is -4.05. The smallest absolute Gasteiger partial charge is 0.247 e. The molecule has 0 fully saturated rings. The number of rotatable bonds is 7. The fourth-order valence-corrected chi connectivity index (χ4v) is 7.08. The van der Waals surface area contributed by atoms with Crippen molar-refractivity contribution < 1.29 is 31.1 Å². The number of aliphatic hydroxyl groups excluding tert-OH is 1. The van der Waals surface area contributed by atoms with Gasteiger partial charge in [0.15, 0.2) is 0 Å². The summed E-state index contributed by atoms with van der Waals surface area (Å²) in [6, 6.07) is 8.62. The van der Waals surface area contributed by atoms with Crippen LogP contribution in [-0.4, -0.2) is 69.4 Å². The van der Waals surface area contributed by atoms with Gasteiger partial charge < -0.3 is 9.84 Å². The highest BCUT2D eigenvalue weighted by Crippen LogP contribution is 2.34. The molecule has 1 aliphatic heterocycles. The Balaban J connectivity index is 2.05. The van der Waals surface area contributed by atoms with E-state index in [9.17, 15) is 26.3 Å². The second kappa shape index (κ2) is 12.1. The molecule has 0 bridgehead atoms. The van der Waals surface area contributed by atoms with Gasteiger partial charge in [-0.25, -0.2) is 21.2 Å². The largest absolute Gasteiger partial charge is 0.487 e. The summed E-state index contributed by atoms with van der Waals surface area (Å²) < 4.78 is 75.8. The number of hydrogen-bond donors (Lipinski definition) is 1. The van der Waals surface area contributed by atoms with Gasteiger partial charge in [-0.2, -0.15) is 8.61 Å². The number of likely N-dealkylation sites (N-methyl/N-ethyl adjacent to an activating group) is 1. The molecule has 0 aromatic heterocycles. The summed E-state index contributed by atoms with van der Waals surface area (Å²) in [5.41, 5.74) is 0.564. The van der Waals surface area contributed by atoms with E-state index in [0.717, 1.165) is 16.4 Å². The Morgan fingerprint density at radius 2 is 1.92 bits per heavy atom. The zero-order valence-corrected chi connectivity index (χ0v) is 23.9. The van der Waals surface area contributed by atoms with Gasteiger partial charge in [-0.3, -0.25) is 0 Å². The summed E-state index contributed by atoms with van der Waals surface area (Å²) in [6.45, 7) is 6.94. The molecule has 38 heavy (non-hydrogen) atoms. The highest BCUT2D eigenvalue weighted by atomic mass is 32.2. The van der Waals surface area contributed by atoms with Gasteiger partial charge in [0.2, 0.25) is 20.0 Å². The minimum Gasteiger partial charge on any atom is -0.487 e. The fourth-order valence-electron chi connectivity index (χ4n) is 4.04. The molecule has 0 saturated heterocycles. The normalized spacial score (nSPS) is 20.6. The number of halogens is 1. The van der Waals surface area contributed by atoms with Gasteiger partial charge in [0.25, 0.3) is 0 Å². The SMILES string of the molecule is CC(C)CC#Cc1ccc2c(c1)O[C@H](CN(C)S(=O)(=O)c1cccc(F)c1)[C@H](C)CN([C@H](C)CO)S2(=O)=O. The third-order valence-corrected chi connectivity index (χ3v) is 10.2. The lowest BCUT2D eigenvalue weighted by atomic mass is 10.0. The maximum absolute atomic E-state index is 13.7. The second-order valence-electron chi connectivity index (χ2n) is 10.0. The molecule has 0 amide bonds. The predicted octanol–water partition coefficient (Wildman–Crippen LogP) is 3.31. The lowest BCUT2D eigenvalue weighted by molar-refractivity contribution is 0.0904. The molecule has 1 aliphatic rings. The summed E-state index contributed by atoms with van der Waals surface area (Å²) in [5, 5.41) is 9.79. The quantitative estimate of drug-likeness (QED) is 0.516. The van der Waals surface area contributed by atoms with Crippen LogP contribution in [0.25, 0.3) is 0 Å². The molecule has 2 aromatic rings. The van der Waals surface area contributed by atoms with E-state index in [-0.39, 0.29) is 35.2 Å². The van der Waals surface area contributed by atoms with Crippen molar-refractivity contribution in [2.45, 2.75) is 56.1 Å². The van der Waals surface area contributed by atoms with Crippen LogP contribution in [0, 0.1) is 29.5 Å². The monoisotopic (exact) mass is 566 g/mol. The second-order valence-corrected chi connectivity index (χ2v) is 13.9. The molecule has 0 saturated carbocycles. The zero-order chi connectivity index (χ0) is 28.3. The first-order valence-corrected chi connectivity index (χ1v) is 15.3. The summed E-state index contributed by atoms with van der Waals surface area (Å²) in [4.78, 5) is -0.278. The van der Waals surface area contributed by atoms with Crippen LogP contribution in [0.3, 0.4) is 0 Å². The van der Waals surface area contributed by atoms with Crippen molar-refractivity contribution in [1.29, 1.82) is 0 Å². The fraction of sp³-hybridized carbons (Fsp3) is 0.481. The number of aliphatic hydroxyl groups is 1. The Morgan fingerprint density at radius 3 is 2.55 bits per heavy atom. The Hall–Kier alpha value is -2.49. The number of hydrogen-bond acceptors (Lipinski definition) is 6. The molecule has 3 rings (SSSR count). The average molecular weight is 567 g/mol. The van der Waals surface area contributed by atoms with Crippen molar-refractivity contribution >= 4 is 20.0 Å². The average Bonchev–Trinajstić information content (AvgIpc) is 2.85. The molecular weight excluding hydrogens is 531 g/mol. The molecule has 8 nitrogen and oxygen atoms in total. The Labute approximate surface area is 225 Å². The van der Waals surface area contributed by atoms with Gasteiger partial charge in [-0.1, -0.05) is 38.7 Å². The Morgan fingerprint density at radius 1 is 1.21 bits per heavy atom. The summed E-state index contributed by atoms with van der Waals surface area (Å²) in [7, 11) is -6.72. The van der Waals surface area contributed by atoms with Crippen molar-refractivity contribution in [3.8, 4) is 17.6 Å². The Bertz CT molecular complexity index is 1420. The van der Waals surface area contributed by atoms with E-state index in [1.54, 1.807) is 26.0 Å². The van der Waals surface area contributed by atoms with E-state index < -0.39 is 43.9 Å². The molecule has 1 N–H and O–H groups in total. The molecule has 0 unspecified atom stereocenters. The molecule has 0 spiro atoms. The number of nitrogens with zero attached hydrogens (tertiary/aromatic N) is 2. The number of ether oxygens (including phenoxy) is 1. The molecule has 0 radical (unpaired) electrons. The van der Waals surface area contributed by atoms with Crippen LogP contribution in [-0.2, 0) is 20.0 Å². The van der Waals surface area contributed by atoms with E-state index in [2.05, 4.69) is 11.8 Å². The summed E-state index contributed by atoms with van der Waals surface area (Å²) in [5.74, 6) is 5.40. The van der Waals surface area contributed by atoms with Crippen LogP contribution in [0.2, 0.25) is 0 Å². The molecule has 2 aromatic carbocycles. The van der Waals surface area contributed by atoms with Crippen LogP contribution in [0.1, 0.15) is 39.7 Å². The van der Waals surface area contributed by atoms with E-state index in [0.29, 0.717) is 17.9 Å². The molecule has 1 heterocycles. The van der Waals surface area contributed by atoms with Crippen molar-refractivity contribution in [1.82, 2.24) is 8.61 Å². The van der Waals surface area contributed by atoms with Gasteiger partial charge in [0, 0.05) is 37.5 Å². The molecule has 11 heteroatoms. The van der Waals surface area contributed by atoms with Crippen molar-refractivity contribution in [3.63, 3.8) is 0 Å². The van der Waals surface area contributed by atoms with E-state index in [1.807, 2.05) is 13.8 Å². The third kappa shape index (κ3) is 6.74. The first kappa shape index (κ1) is 30.1. The first-order valence-electron chi connectivity index (χ1n) is 12.4. The first-order chi connectivity index (χ1) is 17.8. The van der Waals surface area contributed by atoms with Crippen LogP contribution < -0.4 is 4.74 Å². The highest BCUT2D eigenvalue weighted by molar-refractivity contribution is 7.89. The minimum absolute atomic E-state index is 0.00202. The van der Waals surface area contributed by atoms with Crippen molar-refractivity contribution in [2.75, 3.05) is 26.7 Å².